The van der Waals surface area contributed by atoms with E-state index < -0.39 is 0 Å². The Morgan fingerprint density at radius 3 is 2.00 bits per heavy atom. The molecule has 1 unspecified atom stereocenters. The SMILES string of the molecule is CC(C)(C)C(NN)C1(C)CCCC1. The van der Waals surface area contributed by atoms with Crippen LogP contribution in [0.2, 0.25) is 0 Å². The first-order valence-electron chi connectivity index (χ1n) is 5.36. The number of nitrogens with two attached hydrogens (primary N) is 1. The van der Waals surface area contributed by atoms with Crippen molar-refractivity contribution in [2.45, 2.75) is 59.4 Å². The van der Waals surface area contributed by atoms with Crippen molar-refractivity contribution in [3.8, 4) is 0 Å². The molecule has 78 valence electrons. The molecule has 0 aromatic carbocycles. The van der Waals surface area contributed by atoms with E-state index in [-0.39, 0.29) is 5.41 Å². The molecule has 0 amide bonds. The first-order chi connectivity index (χ1) is 5.90. The van der Waals surface area contributed by atoms with Gasteiger partial charge in [0.05, 0.1) is 0 Å². The maximum absolute atomic E-state index is 5.67. The summed E-state index contributed by atoms with van der Waals surface area (Å²) in [6.45, 7) is 9.17. The van der Waals surface area contributed by atoms with Gasteiger partial charge in [-0.1, -0.05) is 40.5 Å². The number of nitrogens with one attached hydrogen (secondary N) is 1. The molecule has 0 bridgehead atoms. The van der Waals surface area contributed by atoms with Crippen molar-refractivity contribution in [3.63, 3.8) is 0 Å². The smallest absolute Gasteiger partial charge is 0.0312 e. The van der Waals surface area contributed by atoms with E-state index >= 15 is 0 Å². The molecular formula is C11H24N2. The van der Waals surface area contributed by atoms with Crippen molar-refractivity contribution in [1.29, 1.82) is 0 Å². The van der Waals surface area contributed by atoms with Crippen LogP contribution in [0.1, 0.15) is 53.4 Å². The van der Waals surface area contributed by atoms with Crippen LogP contribution in [0, 0.1) is 10.8 Å². The maximum Gasteiger partial charge on any atom is 0.0312 e. The van der Waals surface area contributed by atoms with Crippen LogP contribution in [-0.2, 0) is 0 Å². The van der Waals surface area contributed by atoms with Crippen LogP contribution in [0.15, 0.2) is 0 Å². The summed E-state index contributed by atoms with van der Waals surface area (Å²) in [5.41, 5.74) is 3.69. The zero-order valence-corrected chi connectivity index (χ0v) is 9.48. The normalized spacial score (nSPS) is 24.7. The lowest BCUT2D eigenvalue weighted by atomic mass is 9.69. The van der Waals surface area contributed by atoms with Crippen LogP contribution in [0.4, 0.5) is 0 Å². The van der Waals surface area contributed by atoms with Gasteiger partial charge in [0.1, 0.15) is 0 Å². The molecule has 1 aliphatic carbocycles. The zero-order valence-electron chi connectivity index (χ0n) is 9.48. The summed E-state index contributed by atoms with van der Waals surface area (Å²) in [5.74, 6) is 5.67. The monoisotopic (exact) mass is 184 g/mol. The number of rotatable bonds is 2. The molecule has 3 N–H and O–H groups in total. The fourth-order valence-corrected chi connectivity index (χ4v) is 2.97. The van der Waals surface area contributed by atoms with Gasteiger partial charge in [-0.05, 0) is 23.7 Å². The summed E-state index contributed by atoms with van der Waals surface area (Å²) in [5, 5.41) is 0. The molecule has 1 aliphatic rings. The lowest BCUT2D eigenvalue weighted by molar-refractivity contribution is 0.114. The first kappa shape index (κ1) is 11.0. The van der Waals surface area contributed by atoms with Crippen molar-refractivity contribution in [3.05, 3.63) is 0 Å². The van der Waals surface area contributed by atoms with Crippen LogP contribution >= 0.6 is 0 Å². The molecule has 1 saturated carbocycles. The molecule has 0 spiro atoms. The summed E-state index contributed by atoms with van der Waals surface area (Å²) >= 11 is 0. The van der Waals surface area contributed by atoms with E-state index in [9.17, 15) is 0 Å². The van der Waals surface area contributed by atoms with Crippen LogP contribution in [0.3, 0.4) is 0 Å². The Kier molecular flexibility index (Phi) is 3.03. The minimum atomic E-state index is 0.258. The molecule has 0 radical (unpaired) electrons. The summed E-state index contributed by atoms with van der Waals surface area (Å²) in [6.07, 6.45) is 5.37. The lowest BCUT2D eigenvalue weighted by Crippen LogP contribution is -2.53. The Bertz CT molecular complexity index is 163. The molecule has 0 aliphatic heterocycles. The van der Waals surface area contributed by atoms with E-state index in [1.165, 1.54) is 25.7 Å². The van der Waals surface area contributed by atoms with Crippen LogP contribution in [0.25, 0.3) is 0 Å². The first-order valence-corrected chi connectivity index (χ1v) is 5.36. The van der Waals surface area contributed by atoms with Crippen molar-refractivity contribution in [2.24, 2.45) is 16.7 Å². The molecule has 0 saturated heterocycles. The van der Waals surface area contributed by atoms with Gasteiger partial charge in [0.25, 0.3) is 0 Å². The molecule has 2 heteroatoms. The Morgan fingerprint density at radius 1 is 1.23 bits per heavy atom. The predicted molar refractivity (Wildman–Crippen MR) is 57.1 cm³/mol. The van der Waals surface area contributed by atoms with Crippen LogP contribution in [-0.4, -0.2) is 6.04 Å². The molecule has 1 atom stereocenters. The summed E-state index contributed by atoms with van der Waals surface area (Å²) in [6, 6.07) is 0.433. The van der Waals surface area contributed by atoms with E-state index in [4.69, 9.17) is 5.84 Å². The van der Waals surface area contributed by atoms with Gasteiger partial charge in [0, 0.05) is 6.04 Å². The van der Waals surface area contributed by atoms with Crippen LogP contribution < -0.4 is 11.3 Å². The van der Waals surface area contributed by atoms with Gasteiger partial charge in [0.15, 0.2) is 0 Å². The molecule has 1 rings (SSSR count). The maximum atomic E-state index is 5.67. The average Bonchev–Trinajstić information content (AvgIpc) is 2.34. The third-order valence-electron chi connectivity index (χ3n) is 3.48. The fraction of sp³-hybridized carbons (Fsp3) is 1.00. The third-order valence-corrected chi connectivity index (χ3v) is 3.48. The molecule has 2 nitrogen and oxygen atoms in total. The van der Waals surface area contributed by atoms with Crippen molar-refractivity contribution in [2.75, 3.05) is 0 Å². The van der Waals surface area contributed by atoms with Crippen molar-refractivity contribution < 1.29 is 0 Å². The summed E-state index contributed by atoms with van der Waals surface area (Å²) < 4.78 is 0. The number of hydrazine groups is 1. The van der Waals surface area contributed by atoms with Crippen molar-refractivity contribution in [1.82, 2.24) is 5.43 Å². The Morgan fingerprint density at radius 2 is 1.69 bits per heavy atom. The summed E-state index contributed by atoms with van der Waals surface area (Å²) in [4.78, 5) is 0. The third kappa shape index (κ3) is 2.23. The van der Waals surface area contributed by atoms with Crippen LogP contribution in [0.5, 0.6) is 0 Å². The highest BCUT2D eigenvalue weighted by atomic mass is 15.2. The lowest BCUT2D eigenvalue weighted by Gasteiger charge is -2.42. The zero-order chi connectivity index (χ0) is 10.1. The van der Waals surface area contributed by atoms with Gasteiger partial charge in [-0.25, -0.2) is 0 Å². The highest BCUT2D eigenvalue weighted by Crippen LogP contribution is 2.45. The van der Waals surface area contributed by atoms with Gasteiger partial charge in [-0.3, -0.25) is 11.3 Å². The topological polar surface area (TPSA) is 38.0 Å². The van der Waals surface area contributed by atoms with Gasteiger partial charge >= 0.3 is 0 Å². The Hall–Kier alpha value is -0.0800. The highest BCUT2D eigenvalue weighted by Gasteiger charge is 2.42. The standard InChI is InChI=1S/C11H24N2/c1-10(2,3)9(13-12)11(4)7-5-6-8-11/h9,13H,5-8,12H2,1-4H3. The number of hydrogen-bond donors (Lipinski definition) is 2. The molecule has 1 fully saturated rings. The predicted octanol–water partition coefficient (Wildman–Crippen LogP) is 2.44. The van der Waals surface area contributed by atoms with Gasteiger partial charge in [0.2, 0.25) is 0 Å². The molecule has 13 heavy (non-hydrogen) atoms. The fourth-order valence-electron chi connectivity index (χ4n) is 2.97. The molecule has 0 heterocycles. The Labute approximate surface area is 82.2 Å². The second-order valence-electron chi connectivity index (χ2n) is 5.83. The molecular weight excluding hydrogens is 160 g/mol. The average molecular weight is 184 g/mol. The van der Waals surface area contributed by atoms with E-state index in [1.807, 2.05) is 0 Å². The molecule has 0 aromatic heterocycles. The highest BCUT2D eigenvalue weighted by molar-refractivity contribution is 4.96. The number of hydrogen-bond acceptors (Lipinski definition) is 2. The Balaban J connectivity index is 2.76. The van der Waals surface area contributed by atoms with Gasteiger partial charge in [-0.15, -0.1) is 0 Å². The summed E-state index contributed by atoms with van der Waals surface area (Å²) in [7, 11) is 0. The van der Waals surface area contributed by atoms with E-state index in [0.29, 0.717) is 11.5 Å². The quantitative estimate of drug-likeness (QED) is 0.511. The van der Waals surface area contributed by atoms with Gasteiger partial charge < -0.3 is 0 Å². The van der Waals surface area contributed by atoms with Gasteiger partial charge in [-0.2, -0.15) is 0 Å². The largest absolute Gasteiger partial charge is 0.271 e. The second-order valence-corrected chi connectivity index (χ2v) is 5.83. The minimum Gasteiger partial charge on any atom is -0.271 e. The molecule has 0 aromatic rings. The second kappa shape index (κ2) is 3.58. The minimum absolute atomic E-state index is 0.258. The van der Waals surface area contributed by atoms with Crippen molar-refractivity contribution >= 4 is 0 Å². The van der Waals surface area contributed by atoms with E-state index in [0.717, 1.165) is 0 Å². The van der Waals surface area contributed by atoms with E-state index in [1.54, 1.807) is 0 Å². The van der Waals surface area contributed by atoms with E-state index in [2.05, 4.69) is 33.1 Å².